The van der Waals surface area contributed by atoms with Gasteiger partial charge in [0.15, 0.2) is 0 Å². The van der Waals surface area contributed by atoms with Crippen molar-refractivity contribution in [3.8, 4) is 0 Å². The van der Waals surface area contributed by atoms with Crippen LogP contribution in [0.2, 0.25) is 0 Å². The molecule has 1 unspecified atom stereocenters. The minimum Gasteiger partial charge on any atom is -0.360 e. The second-order valence-electron chi connectivity index (χ2n) is 5.76. The summed E-state index contributed by atoms with van der Waals surface area (Å²) in [5.41, 5.74) is 4.25. The van der Waals surface area contributed by atoms with Gasteiger partial charge in [0, 0.05) is 17.6 Å². The highest BCUT2D eigenvalue weighted by molar-refractivity contribution is 6.00. The molecule has 0 saturated carbocycles. The monoisotopic (exact) mass is 273 g/mol. The van der Waals surface area contributed by atoms with Crippen molar-refractivity contribution in [2.75, 3.05) is 4.90 Å². The van der Waals surface area contributed by atoms with Crippen LogP contribution in [0.4, 0.5) is 5.69 Å². The van der Waals surface area contributed by atoms with E-state index >= 15 is 0 Å². The summed E-state index contributed by atoms with van der Waals surface area (Å²) in [6, 6.07) is 24.6. The fourth-order valence-electron chi connectivity index (χ4n) is 3.62. The number of anilines is 1. The molecule has 3 aromatic carbocycles. The molecule has 4 rings (SSSR count). The van der Waals surface area contributed by atoms with Crippen LogP contribution in [0.1, 0.15) is 30.5 Å². The Morgan fingerprint density at radius 3 is 2.38 bits per heavy atom. The van der Waals surface area contributed by atoms with Gasteiger partial charge in [-0.15, -0.1) is 0 Å². The predicted octanol–water partition coefficient (Wildman–Crippen LogP) is 5.31. The lowest BCUT2D eigenvalue weighted by Crippen LogP contribution is -2.23. The van der Waals surface area contributed by atoms with Crippen LogP contribution in [0.15, 0.2) is 66.7 Å². The Morgan fingerprint density at radius 1 is 0.857 bits per heavy atom. The normalized spacial score (nSPS) is 16.6. The van der Waals surface area contributed by atoms with Crippen LogP contribution in [0.5, 0.6) is 0 Å². The minimum atomic E-state index is 0.492. The molecule has 0 aliphatic carbocycles. The SMILES string of the molecule is CCC1c2cccc3cccc(c23)N1Cc1ccccc1. The van der Waals surface area contributed by atoms with Crippen LogP contribution in [-0.4, -0.2) is 0 Å². The molecule has 0 saturated heterocycles. The zero-order valence-electron chi connectivity index (χ0n) is 12.3. The van der Waals surface area contributed by atoms with Crippen molar-refractivity contribution in [3.63, 3.8) is 0 Å². The molecular weight excluding hydrogens is 254 g/mol. The molecule has 0 aromatic heterocycles. The minimum absolute atomic E-state index is 0.492. The average Bonchev–Trinajstić information content (AvgIpc) is 2.84. The van der Waals surface area contributed by atoms with Gasteiger partial charge in [0.25, 0.3) is 0 Å². The summed E-state index contributed by atoms with van der Waals surface area (Å²) in [6.07, 6.45) is 1.14. The van der Waals surface area contributed by atoms with Crippen molar-refractivity contribution in [2.24, 2.45) is 0 Å². The van der Waals surface area contributed by atoms with E-state index in [4.69, 9.17) is 0 Å². The van der Waals surface area contributed by atoms with E-state index in [0.717, 1.165) is 13.0 Å². The third-order valence-corrected chi connectivity index (χ3v) is 4.54. The van der Waals surface area contributed by atoms with Gasteiger partial charge in [-0.1, -0.05) is 67.6 Å². The van der Waals surface area contributed by atoms with Crippen molar-refractivity contribution in [1.29, 1.82) is 0 Å². The molecule has 1 aliphatic rings. The van der Waals surface area contributed by atoms with E-state index < -0.39 is 0 Å². The summed E-state index contributed by atoms with van der Waals surface area (Å²) in [7, 11) is 0. The van der Waals surface area contributed by atoms with Crippen LogP contribution >= 0.6 is 0 Å². The zero-order valence-corrected chi connectivity index (χ0v) is 12.3. The lowest BCUT2D eigenvalue weighted by atomic mass is 10.0. The maximum atomic E-state index is 2.56. The van der Waals surface area contributed by atoms with Crippen molar-refractivity contribution in [3.05, 3.63) is 77.9 Å². The van der Waals surface area contributed by atoms with E-state index in [2.05, 4.69) is 78.6 Å². The largest absolute Gasteiger partial charge is 0.360 e. The van der Waals surface area contributed by atoms with Crippen molar-refractivity contribution in [1.82, 2.24) is 0 Å². The average molecular weight is 273 g/mol. The molecule has 0 amide bonds. The molecule has 1 heteroatoms. The fraction of sp³-hybridized carbons (Fsp3) is 0.200. The van der Waals surface area contributed by atoms with Crippen molar-refractivity contribution < 1.29 is 0 Å². The van der Waals surface area contributed by atoms with Gasteiger partial charge in [0.2, 0.25) is 0 Å². The predicted molar refractivity (Wildman–Crippen MR) is 89.6 cm³/mol. The molecule has 104 valence electrons. The molecule has 3 aromatic rings. The van der Waals surface area contributed by atoms with E-state index in [1.807, 2.05) is 0 Å². The standard InChI is InChI=1S/C20H19N/c1-2-18-17-12-6-10-16-11-7-13-19(20(16)17)21(18)14-15-8-4-3-5-9-15/h3-13,18H,2,14H2,1H3. The molecular formula is C20H19N. The molecule has 0 bridgehead atoms. The van der Waals surface area contributed by atoms with Crippen LogP contribution in [0.25, 0.3) is 10.8 Å². The van der Waals surface area contributed by atoms with Crippen LogP contribution < -0.4 is 4.90 Å². The molecule has 1 nitrogen and oxygen atoms in total. The van der Waals surface area contributed by atoms with E-state index in [1.165, 1.54) is 27.6 Å². The molecule has 1 atom stereocenters. The molecule has 21 heavy (non-hydrogen) atoms. The second kappa shape index (κ2) is 4.92. The molecule has 1 aliphatic heterocycles. The summed E-state index contributed by atoms with van der Waals surface area (Å²) in [5.74, 6) is 0. The Balaban J connectivity index is 1.84. The van der Waals surface area contributed by atoms with E-state index in [9.17, 15) is 0 Å². The number of benzene rings is 3. The third-order valence-electron chi connectivity index (χ3n) is 4.54. The topological polar surface area (TPSA) is 3.24 Å². The lowest BCUT2D eigenvalue weighted by molar-refractivity contribution is 0.620. The van der Waals surface area contributed by atoms with Crippen LogP contribution in [0.3, 0.4) is 0 Å². The van der Waals surface area contributed by atoms with E-state index in [-0.39, 0.29) is 0 Å². The van der Waals surface area contributed by atoms with Crippen molar-refractivity contribution >= 4 is 16.5 Å². The fourth-order valence-corrected chi connectivity index (χ4v) is 3.62. The van der Waals surface area contributed by atoms with Crippen LogP contribution in [-0.2, 0) is 6.54 Å². The number of hydrogen-bond acceptors (Lipinski definition) is 1. The first-order valence-corrected chi connectivity index (χ1v) is 7.70. The second-order valence-corrected chi connectivity index (χ2v) is 5.76. The van der Waals surface area contributed by atoms with Gasteiger partial charge in [0.1, 0.15) is 0 Å². The highest BCUT2D eigenvalue weighted by Crippen LogP contribution is 2.45. The van der Waals surface area contributed by atoms with Gasteiger partial charge < -0.3 is 4.90 Å². The smallest absolute Gasteiger partial charge is 0.0550 e. The third kappa shape index (κ3) is 1.92. The maximum Gasteiger partial charge on any atom is 0.0550 e. The molecule has 0 N–H and O–H groups in total. The first-order valence-electron chi connectivity index (χ1n) is 7.70. The first-order chi connectivity index (χ1) is 10.4. The first kappa shape index (κ1) is 12.5. The van der Waals surface area contributed by atoms with Gasteiger partial charge in [-0.3, -0.25) is 0 Å². The Hall–Kier alpha value is -2.28. The van der Waals surface area contributed by atoms with Gasteiger partial charge in [-0.05, 0) is 29.0 Å². The van der Waals surface area contributed by atoms with E-state index in [1.54, 1.807) is 0 Å². The van der Waals surface area contributed by atoms with Crippen molar-refractivity contribution in [2.45, 2.75) is 25.9 Å². The quantitative estimate of drug-likeness (QED) is 0.625. The lowest BCUT2D eigenvalue weighted by Gasteiger charge is -2.28. The summed E-state index contributed by atoms with van der Waals surface area (Å²) < 4.78 is 0. The van der Waals surface area contributed by atoms with Gasteiger partial charge in [0.05, 0.1) is 6.04 Å². The zero-order chi connectivity index (χ0) is 14.2. The summed E-state index contributed by atoms with van der Waals surface area (Å²) in [4.78, 5) is 2.56. The molecule has 0 fully saturated rings. The molecule has 0 spiro atoms. The van der Waals surface area contributed by atoms with Gasteiger partial charge in [-0.25, -0.2) is 0 Å². The number of hydrogen-bond donors (Lipinski definition) is 0. The summed E-state index contributed by atoms with van der Waals surface area (Å²) in [5, 5.41) is 2.81. The highest BCUT2D eigenvalue weighted by atomic mass is 15.2. The summed E-state index contributed by atoms with van der Waals surface area (Å²) in [6.45, 7) is 3.26. The van der Waals surface area contributed by atoms with E-state index in [0.29, 0.717) is 6.04 Å². The number of rotatable bonds is 3. The maximum absolute atomic E-state index is 2.56. The Kier molecular flexibility index (Phi) is 2.92. The Bertz CT molecular complexity index is 771. The molecule has 1 heterocycles. The Labute approximate surface area is 125 Å². The van der Waals surface area contributed by atoms with Gasteiger partial charge in [-0.2, -0.15) is 0 Å². The molecule has 0 radical (unpaired) electrons. The van der Waals surface area contributed by atoms with Gasteiger partial charge >= 0.3 is 0 Å². The Morgan fingerprint density at radius 2 is 1.62 bits per heavy atom. The number of nitrogens with zero attached hydrogens (tertiary/aromatic N) is 1. The van der Waals surface area contributed by atoms with Crippen LogP contribution in [0, 0.1) is 0 Å². The highest BCUT2D eigenvalue weighted by Gasteiger charge is 2.29. The summed E-state index contributed by atoms with van der Waals surface area (Å²) >= 11 is 0.